The molecule has 0 amide bonds. The number of nitrogens with one attached hydrogen (secondary N) is 1. The van der Waals surface area contributed by atoms with E-state index in [1.54, 1.807) is 38.5 Å². The van der Waals surface area contributed by atoms with Gasteiger partial charge in [0.2, 0.25) is 5.78 Å². The van der Waals surface area contributed by atoms with Gasteiger partial charge in [0.15, 0.2) is 11.5 Å². The van der Waals surface area contributed by atoms with Crippen LogP contribution in [0.4, 0.5) is 11.5 Å². The van der Waals surface area contributed by atoms with E-state index < -0.39 is 5.60 Å². The number of carbonyl (C=O) groups excluding carboxylic acids is 4. The molecule has 2 saturated carbocycles. The standard InChI is InChI=1S/C26H33N5O3.C18H22ClN3O2.C9H15BrO2.C9H14N2O2.C8H14O3.C7H12O2.BrH/c1-16-11-18(12-17(2)33-16)25-22(15-31(30-25)20-5-6-20)34-21-8-10-28-24(14-21)29-19-7-9-27-23(13-19)26(3,4)32;1-11-7-13(8-12(2)23-11)18-16(10-22(21-18)14-3-4-14)24-15-5-6-20-17(19)9-15;1-6-3-8(9(11)5-10)4-7(2)12-6;1-6-3-8(4-7(2)13-6)9(12)5-11-10;1-6-3-8(10-5-9)4-7(2)11-6;1-5-3-7(8)4-6(2)9-5;/h7-10,13-18,20,32H,5-6,11-12H2,1-4H3,(H,27,28,29);5-6,9-14H,3-4,7-8H2,1-2H3;6-8H,3-5H2,1-2H3;5-8H,3-4H2,1-2H3;5-8H,3-4H2,1-2H3;5-6H,3-4H2,1-2H3;1H/t16-,17+,18?;11-,12+,13?;3*6-,7+,8?;5-,6+;. The van der Waals surface area contributed by atoms with E-state index in [-0.39, 0.29) is 114 Å². The Balaban J connectivity index is 0.000000188. The van der Waals surface area contributed by atoms with Gasteiger partial charge in [0, 0.05) is 85.8 Å². The van der Waals surface area contributed by atoms with Crippen molar-refractivity contribution in [1.82, 2.24) is 34.5 Å². The molecule has 574 valence electrons. The number of aliphatic hydroxyl groups is 1. The van der Waals surface area contributed by atoms with Crippen LogP contribution in [0.2, 0.25) is 5.15 Å². The van der Waals surface area contributed by atoms with E-state index in [9.17, 15) is 24.3 Å². The van der Waals surface area contributed by atoms with Crippen LogP contribution in [0.5, 0.6) is 23.0 Å². The first-order valence-corrected chi connectivity index (χ1v) is 38.4. The number of halogens is 3. The SMILES string of the molecule is Br.C[C@@H]1CC(=O)C[C@H](C)O1.C[C@@H]1CC(C(=O)C=[N+]=[N-])C[C@H](C)O1.C[C@@H]1CC(C(=O)CBr)C[C@H](C)O1.C[C@@H]1CC(OC=O)C[C@H](C)O1.C[C@@H]1CC(c2nn(C3CC3)cc2Oc2ccnc(Cl)c2)C[C@H](C)O1.C[C@@H]1CC(c2nn(C3CC3)cc2Oc2ccnc(Nc3ccnc(C(C)(C)O)c3)c2)C[C@H](C)O1. The highest BCUT2D eigenvalue weighted by atomic mass is 79.9. The Bertz CT molecular complexity index is 3520. The Morgan fingerprint density at radius 2 is 1.03 bits per heavy atom. The summed E-state index contributed by atoms with van der Waals surface area (Å²) in [6.07, 6.45) is 27.1. The Morgan fingerprint density at radius 1 is 0.615 bits per heavy atom. The number of hydrogen-bond donors (Lipinski definition) is 2. The molecule has 0 bridgehead atoms. The molecule has 104 heavy (non-hydrogen) atoms. The van der Waals surface area contributed by atoms with Crippen molar-refractivity contribution in [2.24, 2.45) is 11.8 Å². The molecular weight excluding hydrogens is 1480 g/mol. The third-order valence-electron chi connectivity index (χ3n) is 19.0. The number of alkyl halides is 1. The van der Waals surface area contributed by atoms with Crippen molar-refractivity contribution in [3.8, 4) is 23.0 Å². The van der Waals surface area contributed by atoms with Gasteiger partial charge in [0.05, 0.1) is 109 Å². The first kappa shape index (κ1) is 85.4. The molecule has 2 aliphatic carbocycles. The first-order chi connectivity index (χ1) is 49.0. The van der Waals surface area contributed by atoms with Crippen LogP contribution in [-0.4, -0.2) is 159 Å². The number of anilines is 2. The van der Waals surface area contributed by atoms with E-state index in [2.05, 4.69) is 78.0 Å². The lowest BCUT2D eigenvalue weighted by molar-refractivity contribution is -0.145. The first-order valence-electron chi connectivity index (χ1n) is 36.9. The highest BCUT2D eigenvalue weighted by Gasteiger charge is 2.37. The Kier molecular flexibility index (Phi) is 33.6. The summed E-state index contributed by atoms with van der Waals surface area (Å²) in [4.78, 5) is 58.9. The molecule has 27 heteroatoms. The molecular formula is C77H111Br2ClN10O14. The van der Waals surface area contributed by atoms with E-state index in [1.165, 1.54) is 25.7 Å². The van der Waals surface area contributed by atoms with E-state index in [0.717, 1.165) is 99.0 Å². The summed E-state index contributed by atoms with van der Waals surface area (Å²) in [5.41, 5.74) is 10.6. The van der Waals surface area contributed by atoms with Crippen molar-refractivity contribution in [1.29, 1.82) is 0 Å². The summed E-state index contributed by atoms with van der Waals surface area (Å²) in [5.74, 6) is 5.05. The lowest BCUT2D eigenvalue weighted by Crippen LogP contribution is -2.33. The van der Waals surface area contributed by atoms with Gasteiger partial charge in [0.1, 0.15) is 57.1 Å². The zero-order valence-corrected chi connectivity index (χ0v) is 67.0. The fourth-order valence-electron chi connectivity index (χ4n) is 14.4. The van der Waals surface area contributed by atoms with Crippen LogP contribution in [0.3, 0.4) is 0 Å². The molecule has 5 aromatic heterocycles. The van der Waals surface area contributed by atoms with Crippen LogP contribution in [0.1, 0.15) is 241 Å². The van der Waals surface area contributed by atoms with Crippen LogP contribution < -0.4 is 14.8 Å². The third-order valence-corrected chi connectivity index (χ3v) is 19.7. The second kappa shape index (κ2) is 40.9. The van der Waals surface area contributed by atoms with Gasteiger partial charge in [0.25, 0.3) is 6.47 Å². The average Bonchev–Trinajstić information content (AvgIpc) is 1.63. The van der Waals surface area contributed by atoms with Crippen molar-refractivity contribution in [3.63, 3.8) is 0 Å². The molecule has 5 aromatic rings. The molecule has 6 aliphatic heterocycles. The molecule has 0 aromatic carbocycles. The van der Waals surface area contributed by atoms with Crippen LogP contribution in [0.25, 0.3) is 5.53 Å². The van der Waals surface area contributed by atoms with E-state index in [4.69, 9.17) is 70.0 Å². The Hall–Kier alpha value is -5.90. The maximum atomic E-state index is 11.4. The molecule has 6 saturated heterocycles. The number of carbonyl (C=O) groups is 4. The van der Waals surface area contributed by atoms with Crippen molar-refractivity contribution in [2.75, 3.05) is 10.6 Å². The predicted octanol–water partition coefficient (Wildman–Crippen LogP) is 16.2. The minimum absolute atomic E-state index is 0. The number of ketones is 3. The molecule has 11 heterocycles. The zero-order valence-electron chi connectivity index (χ0n) is 62.9. The van der Waals surface area contributed by atoms with Gasteiger partial charge in [-0.25, -0.2) is 9.97 Å². The number of ether oxygens (including phenoxy) is 9. The second-order valence-electron chi connectivity index (χ2n) is 29.9. The monoisotopic (exact) mass is 1590 g/mol. The van der Waals surface area contributed by atoms with E-state index >= 15 is 0 Å². The van der Waals surface area contributed by atoms with Crippen molar-refractivity contribution in [3.05, 3.63) is 95.1 Å². The van der Waals surface area contributed by atoms with Crippen molar-refractivity contribution in [2.45, 2.75) is 309 Å². The van der Waals surface area contributed by atoms with Gasteiger partial charge >= 0.3 is 6.21 Å². The van der Waals surface area contributed by atoms with E-state index in [0.29, 0.717) is 88.3 Å². The molecule has 2 N–H and O–H groups in total. The number of pyridine rings is 3. The molecule has 8 fully saturated rings. The summed E-state index contributed by atoms with van der Waals surface area (Å²) in [7, 11) is 0. The lowest BCUT2D eigenvalue weighted by Gasteiger charge is -2.31. The maximum Gasteiger partial charge on any atom is 0.323 e. The van der Waals surface area contributed by atoms with Crippen LogP contribution in [0.15, 0.2) is 67.4 Å². The average molecular weight is 1600 g/mol. The predicted molar refractivity (Wildman–Crippen MR) is 405 cm³/mol. The molecule has 0 spiro atoms. The highest BCUT2D eigenvalue weighted by Crippen LogP contribution is 2.45. The largest absolute Gasteiger partial charge is 0.464 e. The summed E-state index contributed by atoms with van der Waals surface area (Å²) in [5, 5.41) is 24.3. The maximum absolute atomic E-state index is 11.4. The minimum atomic E-state index is -1.02. The summed E-state index contributed by atoms with van der Waals surface area (Å²) in [6.45, 7) is 28.3. The number of rotatable bonds is 17. The molecule has 24 nitrogen and oxygen atoms in total. The molecule has 13 rings (SSSR count). The minimum Gasteiger partial charge on any atom is -0.464 e. The van der Waals surface area contributed by atoms with Gasteiger partial charge < -0.3 is 58.6 Å². The normalized spacial score (nSPS) is 29.4. The Morgan fingerprint density at radius 3 is 1.44 bits per heavy atom. The summed E-state index contributed by atoms with van der Waals surface area (Å²) < 4.78 is 55.2. The third kappa shape index (κ3) is 28.0. The smallest absolute Gasteiger partial charge is 0.323 e. The van der Waals surface area contributed by atoms with Crippen LogP contribution >= 0.6 is 44.5 Å². The van der Waals surface area contributed by atoms with Crippen LogP contribution in [-0.2, 0) is 57.9 Å². The summed E-state index contributed by atoms with van der Waals surface area (Å²) in [6, 6.07) is 11.9. The van der Waals surface area contributed by atoms with Crippen molar-refractivity contribution < 1.29 is 71.7 Å². The molecule has 0 radical (unpaired) electrons. The quantitative estimate of drug-likeness (QED) is 0.0218. The fraction of sp³-hybridized carbons (Fsp3) is 0.662. The lowest BCUT2D eigenvalue weighted by atomic mass is 9.89. The zero-order chi connectivity index (χ0) is 74.7. The van der Waals surface area contributed by atoms with Gasteiger partial charge in [-0.3, -0.25) is 33.5 Å². The van der Waals surface area contributed by atoms with Gasteiger partial charge in [-0.2, -0.15) is 15.0 Å². The number of nitrogens with zero attached hydrogens (tertiary/aromatic N) is 9. The number of aromatic nitrogens is 7. The van der Waals surface area contributed by atoms with Crippen molar-refractivity contribution >= 4 is 86.1 Å². The van der Waals surface area contributed by atoms with Gasteiger partial charge in [-0.15, -0.1) is 17.0 Å². The van der Waals surface area contributed by atoms with Gasteiger partial charge in [-0.1, -0.05) is 27.5 Å². The van der Waals surface area contributed by atoms with E-state index in [1.807, 2.05) is 98.1 Å². The fourth-order valence-corrected chi connectivity index (χ4v) is 15.0. The number of hydrogen-bond acceptors (Lipinski definition) is 20. The molecule has 17 atom stereocenters. The second-order valence-corrected chi connectivity index (χ2v) is 30.9. The number of Topliss-reactive ketones (excluding diaryl/α,β-unsaturated/α-hetero) is 3. The Labute approximate surface area is 637 Å². The molecule has 8 aliphatic rings. The topological polar surface area (TPSA) is 294 Å². The van der Waals surface area contributed by atoms with Crippen LogP contribution in [0, 0.1) is 11.8 Å². The molecule has 5 unspecified atom stereocenters. The summed E-state index contributed by atoms with van der Waals surface area (Å²) >= 11 is 9.17. The highest BCUT2D eigenvalue weighted by molar-refractivity contribution is 9.09. The van der Waals surface area contributed by atoms with Gasteiger partial charge in [-0.05, 0) is 198 Å².